The van der Waals surface area contributed by atoms with Crippen LogP contribution in [0.4, 0.5) is 5.69 Å². The van der Waals surface area contributed by atoms with E-state index in [2.05, 4.69) is 43.4 Å². The van der Waals surface area contributed by atoms with Gasteiger partial charge in [-0.05, 0) is 35.7 Å². The highest BCUT2D eigenvalue weighted by Crippen LogP contribution is 2.19. The third-order valence-corrected chi connectivity index (χ3v) is 3.50. The Kier molecular flexibility index (Phi) is 4.74. The van der Waals surface area contributed by atoms with Crippen LogP contribution in [0.25, 0.3) is 0 Å². The van der Waals surface area contributed by atoms with Gasteiger partial charge in [0.2, 0.25) is 0 Å². The Morgan fingerprint density at radius 2 is 1.80 bits per heavy atom. The average molecular weight is 285 g/mol. The van der Waals surface area contributed by atoms with Crippen LogP contribution < -0.4 is 10.1 Å². The molecule has 104 valence electrons. The molecule has 0 spiro atoms. The van der Waals surface area contributed by atoms with Gasteiger partial charge in [0.25, 0.3) is 0 Å². The largest absolute Gasteiger partial charge is 0.497 e. The summed E-state index contributed by atoms with van der Waals surface area (Å²) in [5.41, 5.74) is 3.28. The molecule has 0 unspecified atom stereocenters. The standard InChI is InChI=1S/C17H19NOS/c1-12(2)13-7-9-15(10-8-13)18-17(20)14-5-4-6-16(11-14)19-3/h4-12H,1-3H3,(H,18,20). The van der Waals surface area contributed by atoms with Gasteiger partial charge < -0.3 is 10.1 Å². The summed E-state index contributed by atoms with van der Waals surface area (Å²) in [4.78, 5) is 0.696. The highest BCUT2D eigenvalue weighted by Gasteiger charge is 2.04. The summed E-state index contributed by atoms with van der Waals surface area (Å²) >= 11 is 5.43. The summed E-state index contributed by atoms with van der Waals surface area (Å²) in [6.45, 7) is 4.37. The lowest BCUT2D eigenvalue weighted by Gasteiger charge is -2.11. The van der Waals surface area contributed by atoms with Crippen LogP contribution in [0.5, 0.6) is 5.75 Å². The van der Waals surface area contributed by atoms with Gasteiger partial charge in [-0.15, -0.1) is 0 Å². The minimum atomic E-state index is 0.536. The number of benzene rings is 2. The normalized spacial score (nSPS) is 10.4. The molecule has 0 saturated heterocycles. The smallest absolute Gasteiger partial charge is 0.119 e. The van der Waals surface area contributed by atoms with Crippen LogP contribution in [-0.2, 0) is 0 Å². The molecule has 0 radical (unpaired) electrons. The first-order chi connectivity index (χ1) is 9.60. The van der Waals surface area contributed by atoms with E-state index >= 15 is 0 Å². The number of rotatable bonds is 4. The lowest BCUT2D eigenvalue weighted by molar-refractivity contribution is 0.414. The van der Waals surface area contributed by atoms with Crippen molar-refractivity contribution in [3.8, 4) is 5.75 Å². The number of thiocarbonyl (C=S) groups is 1. The van der Waals surface area contributed by atoms with Crippen LogP contribution >= 0.6 is 12.2 Å². The molecule has 0 aromatic heterocycles. The number of ether oxygens (including phenoxy) is 1. The number of methoxy groups -OCH3 is 1. The van der Waals surface area contributed by atoms with Crippen molar-refractivity contribution >= 4 is 22.9 Å². The first kappa shape index (κ1) is 14.5. The van der Waals surface area contributed by atoms with Crippen LogP contribution in [0.2, 0.25) is 0 Å². The molecule has 0 fully saturated rings. The molecule has 20 heavy (non-hydrogen) atoms. The van der Waals surface area contributed by atoms with Crippen LogP contribution in [0.15, 0.2) is 48.5 Å². The highest BCUT2D eigenvalue weighted by atomic mass is 32.1. The number of nitrogens with one attached hydrogen (secondary N) is 1. The summed E-state index contributed by atoms with van der Waals surface area (Å²) in [6, 6.07) is 16.1. The van der Waals surface area contributed by atoms with Crippen molar-refractivity contribution in [1.82, 2.24) is 0 Å². The minimum absolute atomic E-state index is 0.536. The van der Waals surface area contributed by atoms with Gasteiger partial charge in [0.1, 0.15) is 10.7 Å². The van der Waals surface area contributed by atoms with Gasteiger partial charge >= 0.3 is 0 Å². The third kappa shape index (κ3) is 3.58. The molecule has 0 aliphatic carbocycles. The van der Waals surface area contributed by atoms with E-state index in [1.165, 1.54) is 5.56 Å². The van der Waals surface area contributed by atoms with Crippen LogP contribution in [0, 0.1) is 0 Å². The molecule has 0 amide bonds. The van der Waals surface area contributed by atoms with E-state index in [1.54, 1.807) is 7.11 Å². The molecule has 3 heteroatoms. The molecule has 0 aliphatic heterocycles. The van der Waals surface area contributed by atoms with Crippen molar-refractivity contribution in [2.75, 3.05) is 12.4 Å². The monoisotopic (exact) mass is 285 g/mol. The van der Waals surface area contributed by atoms with Crippen molar-refractivity contribution < 1.29 is 4.74 Å². The Bertz CT molecular complexity index is 590. The quantitative estimate of drug-likeness (QED) is 0.829. The SMILES string of the molecule is COc1cccc(C(=S)Nc2ccc(C(C)C)cc2)c1. The van der Waals surface area contributed by atoms with Gasteiger partial charge in [0.05, 0.1) is 7.11 Å². The van der Waals surface area contributed by atoms with E-state index < -0.39 is 0 Å². The van der Waals surface area contributed by atoms with E-state index in [9.17, 15) is 0 Å². The Labute approximate surface area is 125 Å². The van der Waals surface area contributed by atoms with E-state index in [-0.39, 0.29) is 0 Å². The molecular weight excluding hydrogens is 266 g/mol. The molecule has 2 rings (SSSR count). The molecule has 2 nitrogen and oxygen atoms in total. The zero-order chi connectivity index (χ0) is 14.5. The Balaban J connectivity index is 2.10. The summed E-state index contributed by atoms with van der Waals surface area (Å²) in [5.74, 6) is 1.34. The van der Waals surface area contributed by atoms with Gasteiger partial charge in [-0.1, -0.05) is 50.3 Å². The van der Waals surface area contributed by atoms with Gasteiger partial charge in [-0.3, -0.25) is 0 Å². The summed E-state index contributed by atoms with van der Waals surface area (Å²) in [7, 11) is 1.65. The fraction of sp³-hybridized carbons (Fsp3) is 0.235. The predicted molar refractivity (Wildman–Crippen MR) is 88.8 cm³/mol. The van der Waals surface area contributed by atoms with Crippen molar-refractivity contribution in [2.24, 2.45) is 0 Å². The number of hydrogen-bond donors (Lipinski definition) is 1. The first-order valence-electron chi connectivity index (χ1n) is 6.65. The maximum absolute atomic E-state index is 5.43. The topological polar surface area (TPSA) is 21.3 Å². The summed E-state index contributed by atoms with van der Waals surface area (Å²) < 4.78 is 5.21. The lowest BCUT2D eigenvalue weighted by Crippen LogP contribution is -2.10. The second kappa shape index (κ2) is 6.53. The highest BCUT2D eigenvalue weighted by molar-refractivity contribution is 7.81. The average Bonchev–Trinajstić information content (AvgIpc) is 2.47. The van der Waals surface area contributed by atoms with Crippen LogP contribution in [0.1, 0.15) is 30.9 Å². The number of anilines is 1. The van der Waals surface area contributed by atoms with E-state index in [1.807, 2.05) is 24.3 Å². The summed E-state index contributed by atoms with van der Waals surface area (Å²) in [5, 5.41) is 3.25. The van der Waals surface area contributed by atoms with Crippen molar-refractivity contribution in [3.05, 3.63) is 59.7 Å². The van der Waals surface area contributed by atoms with E-state index in [4.69, 9.17) is 17.0 Å². The predicted octanol–water partition coefficient (Wildman–Crippen LogP) is 4.61. The molecule has 0 aliphatic rings. The zero-order valence-corrected chi connectivity index (χ0v) is 12.8. The Morgan fingerprint density at radius 3 is 2.40 bits per heavy atom. The second-order valence-corrected chi connectivity index (χ2v) is 5.37. The van der Waals surface area contributed by atoms with Crippen LogP contribution in [0.3, 0.4) is 0 Å². The zero-order valence-electron chi connectivity index (χ0n) is 12.0. The van der Waals surface area contributed by atoms with E-state index in [0.717, 1.165) is 17.0 Å². The van der Waals surface area contributed by atoms with E-state index in [0.29, 0.717) is 10.9 Å². The molecule has 0 bridgehead atoms. The second-order valence-electron chi connectivity index (χ2n) is 4.96. The van der Waals surface area contributed by atoms with Crippen LogP contribution in [-0.4, -0.2) is 12.1 Å². The Hall–Kier alpha value is -1.87. The number of hydrogen-bond acceptors (Lipinski definition) is 2. The maximum Gasteiger partial charge on any atom is 0.119 e. The molecule has 0 atom stereocenters. The lowest BCUT2D eigenvalue weighted by atomic mass is 10.0. The van der Waals surface area contributed by atoms with Crippen molar-refractivity contribution in [2.45, 2.75) is 19.8 Å². The Morgan fingerprint density at radius 1 is 1.10 bits per heavy atom. The minimum Gasteiger partial charge on any atom is -0.497 e. The maximum atomic E-state index is 5.43. The molecule has 2 aromatic carbocycles. The van der Waals surface area contributed by atoms with Gasteiger partial charge in [0.15, 0.2) is 0 Å². The molecule has 1 N–H and O–H groups in total. The van der Waals surface area contributed by atoms with Gasteiger partial charge in [-0.2, -0.15) is 0 Å². The molecule has 0 saturated carbocycles. The molecular formula is C17H19NOS. The van der Waals surface area contributed by atoms with Crippen molar-refractivity contribution in [1.29, 1.82) is 0 Å². The van der Waals surface area contributed by atoms with Gasteiger partial charge in [0, 0.05) is 11.3 Å². The molecule has 2 aromatic rings. The van der Waals surface area contributed by atoms with Gasteiger partial charge in [-0.25, -0.2) is 0 Å². The van der Waals surface area contributed by atoms with Crippen molar-refractivity contribution in [3.63, 3.8) is 0 Å². The third-order valence-electron chi connectivity index (χ3n) is 3.17. The molecule has 0 heterocycles. The fourth-order valence-electron chi connectivity index (χ4n) is 1.92. The summed E-state index contributed by atoms with van der Waals surface area (Å²) in [6.07, 6.45) is 0. The first-order valence-corrected chi connectivity index (χ1v) is 7.06. The fourth-order valence-corrected chi connectivity index (χ4v) is 2.16.